The van der Waals surface area contributed by atoms with E-state index in [-0.39, 0.29) is 12.2 Å². The van der Waals surface area contributed by atoms with Gasteiger partial charge < -0.3 is 9.47 Å². The number of aromatic nitrogens is 1. The molecule has 0 saturated heterocycles. The van der Waals surface area contributed by atoms with E-state index in [4.69, 9.17) is 14.5 Å². The monoisotopic (exact) mass is 502 g/mol. The van der Waals surface area contributed by atoms with E-state index in [0.717, 1.165) is 10.4 Å². The van der Waals surface area contributed by atoms with Gasteiger partial charge >= 0.3 is 5.97 Å². The first-order valence-corrected chi connectivity index (χ1v) is 12.8. The molecule has 1 aliphatic rings. The number of hydrogen-bond donors (Lipinski definition) is 0. The Kier molecular flexibility index (Phi) is 6.48. The molecule has 0 spiro atoms. The number of carbonyl (C=O) groups excluding carboxylic acids is 1. The molecule has 0 amide bonds. The molecule has 0 bridgehead atoms. The molecule has 1 atom stereocenters. The van der Waals surface area contributed by atoms with Gasteiger partial charge in [0.1, 0.15) is 11.8 Å². The van der Waals surface area contributed by atoms with Gasteiger partial charge in [-0.3, -0.25) is 9.36 Å². The maximum absolute atomic E-state index is 13.8. The van der Waals surface area contributed by atoms with E-state index in [1.54, 1.807) is 29.9 Å². The Labute approximate surface area is 209 Å². The lowest BCUT2D eigenvalue weighted by molar-refractivity contribution is -0.138. The highest BCUT2D eigenvalue weighted by Crippen LogP contribution is 2.38. The highest BCUT2D eigenvalue weighted by molar-refractivity contribution is 7.11. The number of hydrogen-bond acceptors (Lipinski definition) is 7. The molecule has 0 saturated carbocycles. The van der Waals surface area contributed by atoms with Gasteiger partial charge in [0.15, 0.2) is 4.80 Å². The van der Waals surface area contributed by atoms with Crippen LogP contribution >= 0.6 is 22.7 Å². The summed E-state index contributed by atoms with van der Waals surface area (Å²) in [5.74, 6) is 0.0555. The lowest BCUT2D eigenvalue weighted by Gasteiger charge is -2.27. The van der Waals surface area contributed by atoms with Crippen LogP contribution in [-0.2, 0) is 9.53 Å². The second-order valence-electron chi connectivity index (χ2n) is 7.69. The average molecular weight is 503 g/mol. The van der Waals surface area contributed by atoms with E-state index in [9.17, 15) is 9.59 Å². The summed E-state index contributed by atoms with van der Waals surface area (Å²) in [6.07, 6.45) is 1.87. The molecule has 35 heavy (non-hydrogen) atoms. The van der Waals surface area contributed by atoms with Gasteiger partial charge in [-0.1, -0.05) is 65.9 Å². The summed E-state index contributed by atoms with van der Waals surface area (Å²) in [6, 6.07) is 20.0. The van der Waals surface area contributed by atoms with Crippen LogP contribution in [-0.4, -0.2) is 24.3 Å². The zero-order valence-electron chi connectivity index (χ0n) is 19.1. The Morgan fingerprint density at radius 1 is 1.09 bits per heavy atom. The summed E-state index contributed by atoms with van der Waals surface area (Å²) in [5, 5.41) is 1.97. The maximum atomic E-state index is 13.8. The number of ether oxygens (including phenoxy) is 2. The van der Waals surface area contributed by atoms with Crippen LogP contribution in [0.3, 0.4) is 0 Å². The van der Waals surface area contributed by atoms with Crippen LogP contribution < -0.4 is 19.6 Å². The van der Waals surface area contributed by atoms with E-state index >= 15 is 0 Å². The van der Waals surface area contributed by atoms with Gasteiger partial charge in [-0.05, 0) is 30.5 Å². The third kappa shape index (κ3) is 4.26. The fraction of sp³-hybridized carbons (Fsp3) is 0.148. The number of methoxy groups -OCH3 is 1. The van der Waals surface area contributed by atoms with Gasteiger partial charge in [0.05, 0.1) is 29.5 Å². The fourth-order valence-corrected chi connectivity index (χ4v) is 5.85. The molecule has 0 fully saturated rings. The van der Waals surface area contributed by atoms with Crippen LogP contribution in [0, 0.1) is 0 Å². The van der Waals surface area contributed by atoms with Gasteiger partial charge in [0.2, 0.25) is 0 Å². The molecule has 8 heteroatoms. The number of fused-ring (bicyclic) bond motifs is 1. The maximum Gasteiger partial charge on any atom is 0.338 e. The Balaban J connectivity index is 1.88. The van der Waals surface area contributed by atoms with E-state index < -0.39 is 12.0 Å². The van der Waals surface area contributed by atoms with Crippen LogP contribution in [0.1, 0.15) is 29.0 Å². The minimum atomic E-state index is -0.762. The molecule has 3 heterocycles. The normalized spacial score (nSPS) is 15.5. The van der Waals surface area contributed by atoms with Crippen molar-refractivity contribution in [2.45, 2.75) is 13.0 Å². The number of thiophene rings is 1. The summed E-state index contributed by atoms with van der Waals surface area (Å²) in [5.41, 5.74) is 2.03. The lowest BCUT2D eigenvalue weighted by atomic mass is 9.92. The summed E-state index contributed by atoms with van der Waals surface area (Å²) in [7, 11) is 1.57. The van der Waals surface area contributed by atoms with Crippen LogP contribution in [0.2, 0.25) is 0 Å². The van der Waals surface area contributed by atoms with Crippen molar-refractivity contribution in [2.75, 3.05) is 13.7 Å². The SMILES string of the molecule is CCOC(=O)C1=C(c2ccccc2)N=c2s/c(=C/c3cccs3)c(=O)n2[C@@H]1c1ccccc1OC. The summed E-state index contributed by atoms with van der Waals surface area (Å²) < 4.78 is 13.3. The molecule has 6 nitrogen and oxygen atoms in total. The topological polar surface area (TPSA) is 69.9 Å². The average Bonchev–Trinajstić information content (AvgIpc) is 3.51. The van der Waals surface area contributed by atoms with Gasteiger partial charge in [-0.2, -0.15) is 0 Å². The molecule has 0 N–H and O–H groups in total. The number of carbonyl (C=O) groups is 1. The molecule has 2 aromatic carbocycles. The standard InChI is InChI=1S/C27H22N2O4S2/c1-3-33-26(31)22-23(17-10-5-4-6-11-17)28-27-29(24(22)19-13-7-8-14-20(19)32-2)25(30)21(35-27)16-18-12-9-15-34-18/h4-16,24H,3H2,1-2H3/b21-16+/t24-/m1/s1. The number of esters is 1. The molecule has 176 valence electrons. The molecule has 1 aliphatic heterocycles. The van der Waals surface area contributed by atoms with Crippen LogP contribution in [0.15, 0.2) is 87.5 Å². The zero-order valence-corrected chi connectivity index (χ0v) is 20.8. The highest BCUT2D eigenvalue weighted by atomic mass is 32.1. The summed E-state index contributed by atoms with van der Waals surface area (Å²) in [6.45, 7) is 1.96. The number of benzene rings is 2. The third-order valence-electron chi connectivity index (χ3n) is 5.62. The predicted octanol–water partition coefficient (Wildman–Crippen LogP) is 4.01. The lowest BCUT2D eigenvalue weighted by Crippen LogP contribution is -2.40. The Bertz CT molecular complexity index is 1580. The molecule has 0 aliphatic carbocycles. The zero-order chi connectivity index (χ0) is 24.4. The van der Waals surface area contributed by atoms with E-state index in [1.807, 2.05) is 78.2 Å². The Morgan fingerprint density at radius 3 is 2.57 bits per heavy atom. The summed E-state index contributed by atoms with van der Waals surface area (Å²) >= 11 is 2.86. The van der Waals surface area contributed by atoms with Crippen molar-refractivity contribution >= 4 is 40.4 Å². The van der Waals surface area contributed by atoms with E-state index in [1.165, 1.54) is 11.3 Å². The molecular weight excluding hydrogens is 480 g/mol. The smallest absolute Gasteiger partial charge is 0.338 e. The van der Waals surface area contributed by atoms with Crippen molar-refractivity contribution in [3.8, 4) is 5.75 Å². The molecule has 2 aromatic heterocycles. The predicted molar refractivity (Wildman–Crippen MR) is 138 cm³/mol. The number of rotatable bonds is 6. The first-order chi connectivity index (χ1) is 17.1. The molecule has 0 radical (unpaired) electrons. The molecule has 0 unspecified atom stereocenters. The molecule has 4 aromatic rings. The minimum Gasteiger partial charge on any atom is -0.496 e. The quantitative estimate of drug-likeness (QED) is 0.374. The van der Waals surface area contributed by atoms with Gasteiger partial charge in [-0.25, -0.2) is 9.79 Å². The van der Waals surface area contributed by atoms with Crippen molar-refractivity contribution in [3.05, 3.63) is 113 Å². The van der Waals surface area contributed by atoms with Gasteiger partial charge in [0, 0.05) is 16.0 Å². The highest BCUT2D eigenvalue weighted by Gasteiger charge is 2.36. The number of para-hydroxylation sites is 1. The molecular formula is C27H22N2O4S2. The first kappa shape index (κ1) is 23.0. The van der Waals surface area contributed by atoms with Crippen molar-refractivity contribution in [2.24, 2.45) is 4.99 Å². The second kappa shape index (κ2) is 9.85. The van der Waals surface area contributed by atoms with E-state index in [2.05, 4.69) is 0 Å². The Hall–Kier alpha value is -3.75. The Morgan fingerprint density at radius 2 is 1.86 bits per heavy atom. The van der Waals surface area contributed by atoms with Gasteiger partial charge in [-0.15, -0.1) is 11.3 Å². The van der Waals surface area contributed by atoms with Crippen molar-refractivity contribution < 1.29 is 14.3 Å². The number of thiazole rings is 1. The van der Waals surface area contributed by atoms with Crippen molar-refractivity contribution in [3.63, 3.8) is 0 Å². The van der Waals surface area contributed by atoms with E-state index in [0.29, 0.717) is 31.9 Å². The second-order valence-corrected chi connectivity index (χ2v) is 9.68. The van der Waals surface area contributed by atoms with Gasteiger partial charge in [0.25, 0.3) is 5.56 Å². The summed E-state index contributed by atoms with van der Waals surface area (Å²) in [4.78, 5) is 33.5. The van der Waals surface area contributed by atoms with Crippen molar-refractivity contribution in [1.82, 2.24) is 4.57 Å². The first-order valence-electron chi connectivity index (χ1n) is 11.1. The van der Waals surface area contributed by atoms with Crippen LogP contribution in [0.4, 0.5) is 0 Å². The minimum absolute atomic E-state index is 0.200. The fourth-order valence-electron chi connectivity index (χ4n) is 4.13. The third-order valence-corrected chi connectivity index (χ3v) is 7.43. The van der Waals surface area contributed by atoms with Crippen LogP contribution in [0.5, 0.6) is 5.75 Å². The number of nitrogens with zero attached hydrogens (tertiary/aromatic N) is 2. The van der Waals surface area contributed by atoms with Crippen LogP contribution in [0.25, 0.3) is 11.8 Å². The van der Waals surface area contributed by atoms with Crippen molar-refractivity contribution in [1.29, 1.82) is 0 Å². The molecule has 5 rings (SSSR count). The largest absolute Gasteiger partial charge is 0.496 e.